The summed E-state index contributed by atoms with van der Waals surface area (Å²) in [5.74, 6) is 0.873. The third-order valence-corrected chi connectivity index (χ3v) is 5.13. The van der Waals surface area contributed by atoms with Crippen molar-refractivity contribution in [3.8, 4) is 0 Å². The lowest BCUT2D eigenvalue weighted by atomic mass is 10.0. The predicted molar refractivity (Wildman–Crippen MR) is 83.7 cm³/mol. The van der Waals surface area contributed by atoms with E-state index < -0.39 is 0 Å². The molecule has 6 nitrogen and oxygen atoms in total. The van der Waals surface area contributed by atoms with Crippen LogP contribution >= 0.6 is 11.3 Å². The maximum Gasteiger partial charge on any atom is 0.290 e. The van der Waals surface area contributed by atoms with Gasteiger partial charge in [-0.25, -0.2) is 9.97 Å². The number of furan rings is 1. The lowest BCUT2D eigenvalue weighted by Crippen LogP contribution is -2.35. The molecule has 3 aromatic rings. The van der Waals surface area contributed by atoms with Crippen LogP contribution in [0.5, 0.6) is 0 Å². The molecule has 0 atom stereocenters. The Morgan fingerprint density at radius 1 is 1.45 bits per heavy atom. The van der Waals surface area contributed by atoms with Crippen molar-refractivity contribution in [2.24, 2.45) is 0 Å². The molecule has 4 rings (SSSR count). The zero-order valence-corrected chi connectivity index (χ0v) is 12.8. The van der Waals surface area contributed by atoms with Crippen LogP contribution in [0, 0.1) is 6.92 Å². The van der Waals surface area contributed by atoms with Crippen molar-refractivity contribution >= 4 is 33.3 Å². The fourth-order valence-corrected chi connectivity index (χ4v) is 4.07. The van der Waals surface area contributed by atoms with Crippen LogP contribution in [0.25, 0.3) is 10.2 Å². The van der Waals surface area contributed by atoms with Gasteiger partial charge in [0.25, 0.3) is 5.91 Å². The van der Waals surface area contributed by atoms with Gasteiger partial charge in [-0.1, -0.05) is 0 Å². The van der Waals surface area contributed by atoms with Crippen LogP contribution in [0.1, 0.15) is 26.6 Å². The number of nitrogen functional groups attached to an aromatic ring is 1. The number of hydrogen-bond donors (Lipinski definition) is 1. The standard InChI is InChI=1S/C15H14N4O2S/c1-8-3-5-21-12(8)15(20)19-4-2-9-10(6-19)22-14-11(9)13(16)17-7-18-14/h3,5,7H,2,4,6H2,1H3,(H2,16,17,18). The summed E-state index contributed by atoms with van der Waals surface area (Å²) in [7, 11) is 0. The zero-order valence-electron chi connectivity index (χ0n) is 12.0. The second-order valence-corrected chi connectivity index (χ2v) is 6.44. The Balaban J connectivity index is 1.70. The summed E-state index contributed by atoms with van der Waals surface area (Å²) in [6.07, 6.45) is 3.79. The van der Waals surface area contributed by atoms with Gasteiger partial charge < -0.3 is 15.1 Å². The Labute approximate surface area is 130 Å². The Bertz CT molecular complexity index is 883. The molecule has 0 aliphatic carbocycles. The molecule has 0 saturated carbocycles. The van der Waals surface area contributed by atoms with Gasteiger partial charge in [0.15, 0.2) is 5.76 Å². The smallest absolute Gasteiger partial charge is 0.290 e. The van der Waals surface area contributed by atoms with Gasteiger partial charge in [0, 0.05) is 17.0 Å². The van der Waals surface area contributed by atoms with Crippen LogP contribution in [0.15, 0.2) is 23.1 Å². The largest absolute Gasteiger partial charge is 0.459 e. The second kappa shape index (κ2) is 4.81. The number of aromatic nitrogens is 2. The number of carbonyl (C=O) groups is 1. The SMILES string of the molecule is Cc1ccoc1C(=O)N1CCc2c(sc3ncnc(N)c23)C1. The molecule has 22 heavy (non-hydrogen) atoms. The van der Waals surface area contributed by atoms with Gasteiger partial charge in [-0.15, -0.1) is 11.3 Å². The molecule has 1 amide bonds. The Morgan fingerprint density at radius 3 is 3.09 bits per heavy atom. The molecule has 2 N–H and O–H groups in total. The normalized spacial score (nSPS) is 14.3. The number of rotatable bonds is 1. The number of fused-ring (bicyclic) bond motifs is 3. The fourth-order valence-electron chi connectivity index (χ4n) is 2.86. The minimum atomic E-state index is -0.0651. The first-order chi connectivity index (χ1) is 10.6. The van der Waals surface area contributed by atoms with E-state index in [0.717, 1.165) is 27.1 Å². The summed E-state index contributed by atoms with van der Waals surface area (Å²) in [4.78, 5) is 24.7. The quantitative estimate of drug-likeness (QED) is 0.745. The highest BCUT2D eigenvalue weighted by Crippen LogP contribution is 2.36. The van der Waals surface area contributed by atoms with Crippen LogP contribution in [-0.2, 0) is 13.0 Å². The average Bonchev–Trinajstić information content (AvgIpc) is 3.09. The topological polar surface area (TPSA) is 85.2 Å². The van der Waals surface area contributed by atoms with Crippen LogP contribution in [0.3, 0.4) is 0 Å². The van der Waals surface area contributed by atoms with Gasteiger partial charge in [0.1, 0.15) is 17.0 Å². The number of hydrogen-bond acceptors (Lipinski definition) is 6. The molecule has 0 unspecified atom stereocenters. The first kappa shape index (κ1) is 13.3. The molecular formula is C15H14N4O2S. The summed E-state index contributed by atoms with van der Waals surface area (Å²) in [5, 5.41) is 0.948. The Kier molecular flexibility index (Phi) is 2.90. The number of anilines is 1. The molecule has 0 fully saturated rings. The number of thiophene rings is 1. The van der Waals surface area contributed by atoms with E-state index in [-0.39, 0.29) is 5.91 Å². The minimum absolute atomic E-state index is 0.0651. The van der Waals surface area contributed by atoms with E-state index in [0.29, 0.717) is 24.7 Å². The molecule has 1 aliphatic rings. The van der Waals surface area contributed by atoms with Crippen molar-refractivity contribution in [1.82, 2.24) is 14.9 Å². The van der Waals surface area contributed by atoms with Crippen molar-refractivity contribution in [2.45, 2.75) is 19.9 Å². The summed E-state index contributed by atoms with van der Waals surface area (Å²) < 4.78 is 5.32. The monoisotopic (exact) mass is 314 g/mol. The van der Waals surface area contributed by atoms with E-state index >= 15 is 0 Å². The highest BCUT2D eigenvalue weighted by atomic mass is 32.1. The Morgan fingerprint density at radius 2 is 2.32 bits per heavy atom. The van der Waals surface area contributed by atoms with Crippen LogP contribution in [0.4, 0.5) is 5.82 Å². The maximum absolute atomic E-state index is 12.6. The van der Waals surface area contributed by atoms with Crippen molar-refractivity contribution in [3.05, 3.63) is 40.4 Å². The molecule has 0 aromatic carbocycles. The average molecular weight is 314 g/mol. The minimum Gasteiger partial charge on any atom is -0.459 e. The van der Waals surface area contributed by atoms with E-state index in [9.17, 15) is 4.79 Å². The molecule has 112 valence electrons. The van der Waals surface area contributed by atoms with Crippen LogP contribution in [-0.4, -0.2) is 27.3 Å². The number of aryl methyl sites for hydroxylation is 1. The molecule has 7 heteroatoms. The summed E-state index contributed by atoms with van der Waals surface area (Å²) in [6.45, 7) is 3.09. The number of amides is 1. The first-order valence-corrected chi connectivity index (χ1v) is 7.81. The highest BCUT2D eigenvalue weighted by molar-refractivity contribution is 7.19. The van der Waals surface area contributed by atoms with Gasteiger partial charge >= 0.3 is 0 Å². The maximum atomic E-state index is 12.6. The number of nitrogens with zero attached hydrogens (tertiary/aromatic N) is 3. The van der Waals surface area contributed by atoms with Gasteiger partial charge in [-0.3, -0.25) is 4.79 Å². The second-order valence-electron chi connectivity index (χ2n) is 5.35. The van der Waals surface area contributed by atoms with Crippen LogP contribution in [0.2, 0.25) is 0 Å². The van der Waals surface area contributed by atoms with Gasteiger partial charge in [0.2, 0.25) is 0 Å². The van der Waals surface area contributed by atoms with Gasteiger partial charge in [-0.2, -0.15) is 0 Å². The van der Waals surface area contributed by atoms with Crippen molar-refractivity contribution in [1.29, 1.82) is 0 Å². The number of nitrogens with two attached hydrogens (primary N) is 1. The third kappa shape index (κ3) is 1.89. The highest BCUT2D eigenvalue weighted by Gasteiger charge is 2.28. The van der Waals surface area contributed by atoms with E-state index in [2.05, 4.69) is 9.97 Å². The van der Waals surface area contributed by atoms with Gasteiger partial charge in [-0.05, 0) is 25.0 Å². The lowest BCUT2D eigenvalue weighted by molar-refractivity contribution is 0.0704. The first-order valence-electron chi connectivity index (χ1n) is 6.99. The predicted octanol–water partition coefficient (Wildman–Crippen LogP) is 2.37. The molecular weight excluding hydrogens is 300 g/mol. The summed E-state index contributed by atoms with van der Waals surface area (Å²) in [5.41, 5.74) is 8.02. The molecule has 0 radical (unpaired) electrons. The van der Waals surface area contributed by atoms with Crippen molar-refractivity contribution < 1.29 is 9.21 Å². The lowest BCUT2D eigenvalue weighted by Gasteiger charge is -2.26. The van der Waals surface area contributed by atoms with E-state index in [1.807, 2.05) is 11.8 Å². The van der Waals surface area contributed by atoms with Crippen LogP contribution < -0.4 is 5.73 Å². The molecule has 0 saturated heterocycles. The van der Waals surface area contributed by atoms with E-state index in [1.165, 1.54) is 11.9 Å². The molecule has 4 heterocycles. The molecule has 0 spiro atoms. The van der Waals surface area contributed by atoms with Crippen molar-refractivity contribution in [2.75, 3.05) is 12.3 Å². The van der Waals surface area contributed by atoms with E-state index in [4.69, 9.17) is 10.2 Å². The van der Waals surface area contributed by atoms with E-state index in [1.54, 1.807) is 23.7 Å². The fraction of sp³-hybridized carbons (Fsp3) is 0.267. The molecule has 0 bridgehead atoms. The molecule has 3 aromatic heterocycles. The third-order valence-electron chi connectivity index (χ3n) is 4.01. The molecule has 1 aliphatic heterocycles. The van der Waals surface area contributed by atoms with Gasteiger partial charge in [0.05, 0.1) is 18.2 Å². The van der Waals surface area contributed by atoms with Crippen molar-refractivity contribution in [3.63, 3.8) is 0 Å². The Hall–Kier alpha value is -2.41. The number of carbonyl (C=O) groups excluding carboxylic acids is 1. The summed E-state index contributed by atoms with van der Waals surface area (Å²) in [6, 6.07) is 1.80. The summed E-state index contributed by atoms with van der Waals surface area (Å²) >= 11 is 1.58. The zero-order chi connectivity index (χ0) is 15.3.